The largest absolute Gasteiger partial charge is 0.322 e. The van der Waals surface area contributed by atoms with Crippen LogP contribution in [0.25, 0.3) is 6.08 Å². The third-order valence-electron chi connectivity index (χ3n) is 4.16. The van der Waals surface area contributed by atoms with Gasteiger partial charge in [0, 0.05) is 35.2 Å². The number of hydrazone groups is 1. The Morgan fingerprint density at radius 1 is 0.839 bits per heavy atom. The van der Waals surface area contributed by atoms with E-state index in [0.29, 0.717) is 11.3 Å². The Bertz CT molecular complexity index is 1120. The number of nitrogens with zero attached hydrogens (tertiary/aromatic N) is 2. The first-order valence-corrected chi connectivity index (χ1v) is 9.24. The van der Waals surface area contributed by atoms with E-state index in [4.69, 9.17) is 0 Å². The topological polar surface area (TPSA) is 114 Å². The van der Waals surface area contributed by atoms with Crippen molar-refractivity contribution in [3.05, 3.63) is 112 Å². The molecule has 0 aromatic heterocycles. The van der Waals surface area contributed by atoms with Gasteiger partial charge in [-0.1, -0.05) is 36.4 Å². The number of benzene rings is 3. The summed E-state index contributed by atoms with van der Waals surface area (Å²) in [5.41, 5.74) is 4.49. The fourth-order valence-corrected chi connectivity index (χ4v) is 2.56. The summed E-state index contributed by atoms with van der Waals surface area (Å²) in [5.74, 6) is -0.806. The van der Waals surface area contributed by atoms with Gasteiger partial charge in [0.1, 0.15) is 0 Å². The molecule has 0 bridgehead atoms. The minimum absolute atomic E-state index is 0.0925. The molecular formula is C23H18N4O4. The first-order chi connectivity index (χ1) is 15.0. The first kappa shape index (κ1) is 21.1. The molecule has 2 N–H and O–H groups in total. The van der Waals surface area contributed by atoms with Crippen LogP contribution in [0.1, 0.15) is 26.3 Å². The van der Waals surface area contributed by atoms with Crippen molar-refractivity contribution in [2.75, 3.05) is 5.32 Å². The zero-order valence-corrected chi connectivity index (χ0v) is 16.3. The van der Waals surface area contributed by atoms with Crippen LogP contribution >= 0.6 is 0 Å². The van der Waals surface area contributed by atoms with Crippen molar-refractivity contribution in [1.82, 2.24) is 5.43 Å². The molecule has 0 atom stereocenters. The monoisotopic (exact) mass is 414 g/mol. The Labute approximate surface area is 178 Å². The molecule has 0 fully saturated rings. The summed E-state index contributed by atoms with van der Waals surface area (Å²) < 4.78 is 0. The summed E-state index contributed by atoms with van der Waals surface area (Å²) >= 11 is 0. The van der Waals surface area contributed by atoms with Crippen LogP contribution in [0, 0.1) is 10.1 Å². The van der Waals surface area contributed by atoms with E-state index in [1.807, 2.05) is 36.4 Å². The van der Waals surface area contributed by atoms with E-state index in [0.717, 1.165) is 5.56 Å². The number of hydrogen-bond donors (Lipinski definition) is 2. The van der Waals surface area contributed by atoms with E-state index < -0.39 is 16.7 Å². The number of rotatable bonds is 7. The van der Waals surface area contributed by atoms with E-state index in [1.165, 1.54) is 30.5 Å². The molecule has 154 valence electrons. The minimum Gasteiger partial charge on any atom is -0.322 e. The van der Waals surface area contributed by atoms with Gasteiger partial charge in [-0.2, -0.15) is 5.10 Å². The SMILES string of the molecule is O=C(N/N=C\C=C\c1ccccc1)c1ccc(NC(=O)c2ccc([N+](=O)[O-])cc2)cc1. The standard InChI is InChI=1S/C23H18N4O4/c28-22(18-10-14-21(15-11-18)27(30)31)25-20-12-8-19(9-13-20)23(29)26-24-16-4-7-17-5-2-1-3-6-17/h1-16H,(H,25,28)(H,26,29)/b7-4+,24-16-. The molecule has 0 radical (unpaired) electrons. The molecule has 31 heavy (non-hydrogen) atoms. The van der Waals surface area contributed by atoms with Gasteiger partial charge in [0.25, 0.3) is 17.5 Å². The highest BCUT2D eigenvalue weighted by atomic mass is 16.6. The first-order valence-electron chi connectivity index (χ1n) is 9.24. The lowest BCUT2D eigenvalue weighted by atomic mass is 10.1. The number of allylic oxidation sites excluding steroid dienone is 1. The van der Waals surface area contributed by atoms with Crippen LogP contribution in [0.2, 0.25) is 0 Å². The number of anilines is 1. The second-order valence-electron chi connectivity index (χ2n) is 6.32. The molecule has 0 spiro atoms. The lowest BCUT2D eigenvalue weighted by molar-refractivity contribution is -0.384. The number of nitrogens with one attached hydrogen (secondary N) is 2. The summed E-state index contributed by atoms with van der Waals surface area (Å²) in [7, 11) is 0. The molecule has 0 aliphatic heterocycles. The van der Waals surface area contributed by atoms with E-state index in [-0.39, 0.29) is 11.3 Å². The smallest absolute Gasteiger partial charge is 0.271 e. The maximum absolute atomic E-state index is 12.2. The lowest BCUT2D eigenvalue weighted by Crippen LogP contribution is -2.17. The van der Waals surface area contributed by atoms with Crippen molar-refractivity contribution in [1.29, 1.82) is 0 Å². The van der Waals surface area contributed by atoms with Gasteiger partial charge in [-0.05, 0) is 48.0 Å². The van der Waals surface area contributed by atoms with E-state index in [1.54, 1.807) is 30.3 Å². The number of nitro benzene ring substituents is 1. The molecule has 8 nitrogen and oxygen atoms in total. The third-order valence-corrected chi connectivity index (χ3v) is 4.16. The number of hydrogen-bond acceptors (Lipinski definition) is 5. The van der Waals surface area contributed by atoms with Gasteiger partial charge >= 0.3 is 0 Å². The van der Waals surface area contributed by atoms with Crippen molar-refractivity contribution >= 4 is 35.5 Å². The van der Waals surface area contributed by atoms with Crippen molar-refractivity contribution < 1.29 is 14.5 Å². The van der Waals surface area contributed by atoms with Gasteiger partial charge in [-0.15, -0.1) is 0 Å². The van der Waals surface area contributed by atoms with Crippen LogP contribution in [0.3, 0.4) is 0 Å². The number of amides is 2. The second-order valence-corrected chi connectivity index (χ2v) is 6.32. The highest BCUT2D eigenvalue weighted by Gasteiger charge is 2.10. The quantitative estimate of drug-likeness (QED) is 0.341. The van der Waals surface area contributed by atoms with Crippen LogP contribution in [0.5, 0.6) is 0 Å². The summed E-state index contributed by atoms with van der Waals surface area (Å²) in [6.07, 6.45) is 5.05. The summed E-state index contributed by atoms with van der Waals surface area (Å²) in [4.78, 5) is 34.5. The maximum atomic E-state index is 12.2. The highest BCUT2D eigenvalue weighted by Crippen LogP contribution is 2.15. The zero-order chi connectivity index (χ0) is 22.1. The van der Waals surface area contributed by atoms with E-state index >= 15 is 0 Å². The van der Waals surface area contributed by atoms with Gasteiger partial charge in [0.2, 0.25) is 0 Å². The fourth-order valence-electron chi connectivity index (χ4n) is 2.56. The molecule has 2 amide bonds. The van der Waals surface area contributed by atoms with Crippen LogP contribution in [0.15, 0.2) is 90.0 Å². The molecule has 8 heteroatoms. The maximum Gasteiger partial charge on any atom is 0.271 e. The number of nitro groups is 1. The molecule has 0 heterocycles. The zero-order valence-electron chi connectivity index (χ0n) is 16.3. The van der Waals surface area contributed by atoms with E-state index in [2.05, 4.69) is 15.8 Å². The Kier molecular flexibility index (Phi) is 6.99. The number of non-ortho nitro benzene ring substituents is 1. The normalized spacial score (nSPS) is 10.8. The van der Waals surface area contributed by atoms with Crippen LogP contribution < -0.4 is 10.7 Å². The highest BCUT2D eigenvalue weighted by molar-refractivity contribution is 6.04. The van der Waals surface area contributed by atoms with Gasteiger partial charge in [-0.3, -0.25) is 19.7 Å². The molecule has 3 aromatic rings. The minimum atomic E-state index is -0.533. The summed E-state index contributed by atoms with van der Waals surface area (Å²) in [6.45, 7) is 0. The third kappa shape index (κ3) is 6.20. The Morgan fingerprint density at radius 3 is 2.10 bits per heavy atom. The van der Waals surface area contributed by atoms with Crippen LogP contribution in [0.4, 0.5) is 11.4 Å². The Morgan fingerprint density at radius 2 is 1.45 bits per heavy atom. The van der Waals surface area contributed by atoms with Gasteiger partial charge < -0.3 is 5.32 Å². The van der Waals surface area contributed by atoms with Crippen molar-refractivity contribution in [3.8, 4) is 0 Å². The molecule has 0 aliphatic rings. The van der Waals surface area contributed by atoms with Crippen molar-refractivity contribution in [3.63, 3.8) is 0 Å². The number of carbonyl (C=O) groups excluding carboxylic acids is 2. The summed E-state index contributed by atoms with van der Waals surface area (Å²) in [5, 5.41) is 17.2. The molecule has 3 aromatic carbocycles. The second kappa shape index (κ2) is 10.3. The Hall–Kier alpha value is -4.59. The average molecular weight is 414 g/mol. The van der Waals surface area contributed by atoms with Crippen LogP contribution in [-0.4, -0.2) is 23.0 Å². The van der Waals surface area contributed by atoms with Gasteiger partial charge in [-0.25, -0.2) is 5.43 Å². The number of carbonyl (C=O) groups is 2. The van der Waals surface area contributed by atoms with Crippen molar-refractivity contribution in [2.24, 2.45) is 5.10 Å². The molecule has 0 unspecified atom stereocenters. The average Bonchev–Trinajstić information content (AvgIpc) is 2.80. The van der Waals surface area contributed by atoms with E-state index in [9.17, 15) is 19.7 Å². The molecule has 0 aliphatic carbocycles. The van der Waals surface area contributed by atoms with Gasteiger partial charge in [0.05, 0.1) is 4.92 Å². The fraction of sp³-hybridized carbons (Fsp3) is 0. The molecule has 0 saturated carbocycles. The van der Waals surface area contributed by atoms with Crippen LogP contribution in [-0.2, 0) is 0 Å². The van der Waals surface area contributed by atoms with Gasteiger partial charge in [0.15, 0.2) is 0 Å². The predicted molar refractivity (Wildman–Crippen MR) is 119 cm³/mol. The van der Waals surface area contributed by atoms with Crippen molar-refractivity contribution in [2.45, 2.75) is 0 Å². The molecular weight excluding hydrogens is 396 g/mol. The molecule has 3 rings (SSSR count). The lowest BCUT2D eigenvalue weighted by Gasteiger charge is -2.06. The summed E-state index contributed by atoms with van der Waals surface area (Å²) in [6, 6.07) is 21.2. The predicted octanol–water partition coefficient (Wildman–Crippen LogP) is 4.28. The molecule has 0 saturated heterocycles. The Balaban J connectivity index is 1.52.